The van der Waals surface area contributed by atoms with Gasteiger partial charge in [-0.25, -0.2) is 0 Å². The first kappa shape index (κ1) is 17.7. The van der Waals surface area contributed by atoms with Crippen molar-refractivity contribution in [1.82, 2.24) is 4.90 Å². The second kappa shape index (κ2) is 9.57. The van der Waals surface area contributed by atoms with Crippen molar-refractivity contribution in [3.05, 3.63) is 12.2 Å². The summed E-state index contributed by atoms with van der Waals surface area (Å²) in [5.74, 6) is 0. The van der Waals surface area contributed by atoms with Crippen molar-refractivity contribution < 1.29 is 0 Å². The maximum absolute atomic E-state index is 6.27. The summed E-state index contributed by atoms with van der Waals surface area (Å²) in [4.78, 5) is 2.52. The van der Waals surface area contributed by atoms with Gasteiger partial charge in [0.05, 0.1) is 6.17 Å². The third kappa shape index (κ3) is 5.57. The molecule has 2 N–H and O–H groups in total. The highest BCUT2D eigenvalue weighted by Gasteiger charge is 2.34. The molecule has 0 aromatic rings. The van der Waals surface area contributed by atoms with Gasteiger partial charge in [-0.2, -0.15) is 0 Å². The molecule has 0 bridgehead atoms. The zero-order valence-corrected chi connectivity index (χ0v) is 14.0. The molecule has 2 nitrogen and oxygen atoms in total. The fourth-order valence-electron chi connectivity index (χ4n) is 3.40. The molecule has 1 heterocycles. The number of hydrogen-bond donors (Lipinski definition) is 1. The molecule has 0 spiro atoms. The average Bonchev–Trinajstić information content (AvgIpc) is 2.87. The topological polar surface area (TPSA) is 29.3 Å². The maximum Gasteiger partial charge on any atom is 0.0771 e. The summed E-state index contributed by atoms with van der Waals surface area (Å²) < 4.78 is 0. The molecule has 1 rings (SSSR count). The fraction of sp³-hybridized carbons (Fsp3) is 0.889. The first-order valence-corrected chi connectivity index (χ1v) is 8.83. The molecule has 118 valence electrons. The molecular formula is C18H36N2. The molecule has 0 radical (unpaired) electrons. The Morgan fingerprint density at radius 1 is 1.00 bits per heavy atom. The Hall–Kier alpha value is -0.340. The summed E-state index contributed by atoms with van der Waals surface area (Å²) in [5.41, 5.74) is 6.56. The van der Waals surface area contributed by atoms with E-state index in [1.165, 1.54) is 64.2 Å². The van der Waals surface area contributed by atoms with Crippen LogP contribution in [0.3, 0.4) is 0 Å². The molecule has 1 aliphatic heterocycles. The van der Waals surface area contributed by atoms with Crippen LogP contribution in [0.15, 0.2) is 12.2 Å². The third-order valence-electron chi connectivity index (χ3n) is 4.83. The number of hydrogen-bond acceptors (Lipinski definition) is 2. The molecule has 0 fully saturated rings. The zero-order chi connectivity index (χ0) is 14.8. The zero-order valence-electron chi connectivity index (χ0n) is 14.0. The molecule has 1 aliphatic rings. The molecular weight excluding hydrogens is 244 g/mol. The number of nitrogens with two attached hydrogens (primary N) is 1. The summed E-state index contributed by atoms with van der Waals surface area (Å²) in [6.07, 6.45) is 18.0. The molecule has 1 atom stereocenters. The quantitative estimate of drug-likeness (QED) is 0.433. The van der Waals surface area contributed by atoms with Gasteiger partial charge in [-0.15, -0.1) is 0 Å². The minimum Gasteiger partial charge on any atom is -0.312 e. The van der Waals surface area contributed by atoms with E-state index in [1.807, 2.05) is 0 Å². The second-order valence-corrected chi connectivity index (χ2v) is 6.69. The monoisotopic (exact) mass is 280 g/mol. The van der Waals surface area contributed by atoms with Crippen LogP contribution in [0.25, 0.3) is 0 Å². The van der Waals surface area contributed by atoms with Crippen LogP contribution in [0.1, 0.15) is 85.0 Å². The van der Waals surface area contributed by atoms with Gasteiger partial charge in [0.1, 0.15) is 0 Å². The number of unbranched alkanes of at least 4 members (excludes halogenated alkanes) is 6. The minimum absolute atomic E-state index is 0.136. The normalized spacial score (nSPS) is 19.9. The Kier molecular flexibility index (Phi) is 8.47. The van der Waals surface area contributed by atoms with Crippen LogP contribution < -0.4 is 5.73 Å². The van der Waals surface area contributed by atoms with E-state index in [-0.39, 0.29) is 6.17 Å². The van der Waals surface area contributed by atoms with E-state index in [1.54, 1.807) is 0 Å². The predicted octanol–water partition coefficient (Wildman–Crippen LogP) is 4.84. The van der Waals surface area contributed by atoms with Gasteiger partial charge in [-0.1, -0.05) is 77.4 Å². The van der Waals surface area contributed by atoms with E-state index in [4.69, 9.17) is 5.73 Å². The number of rotatable bonds is 11. The SMILES string of the molecule is CCCCCCC(C)(CCCCCC)N1CC=CC1N. The summed E-state index contributed by atoms with van der Waals surface area (Å²) in [6.45, 7) is 8.05. The molecule has 0 amide bonds. The predicted molar refractivity (Wildman–Crippen MR) is 89.7 cm³/mol. The Balaban J connectivity index is 2.48. The Bertz CT molecular complexity index is 261. The molecule has 0 aromatic carbocycles. The molecule has 0 aliphatic carbocycles. The maximum atomic E-state index is 6.27. The number of nitrogens with zero attached hydrogens (tertiary/aromatic N) is 1. The van der Waals surface area contributed by atoms with Crippen molar-refractivity contribution >= 4 is 0 Å². The third-order valence-corrected chi connectivity index (χ3v) is 4.83. The van der Waals surface area contributed by atoms with E-state index in [9.17, 15) is 0 Å². The molecule has 0 saturated heterocycles. The smallest absolute Gasteiger partial charge is 0.0771 e. The average molecular weight is 280 g/mol. The van der Waals surface area contributed by atoms with Crippen LogP contribution in [0, 0.1) is 0 Å². The van der Waals surface area contributed by atoms with Crippen LogP contribution in [0.4, 0.5) is 0 Å². The summed E-state index contributed by atoms with van der Waals surface area (Å²) >= 11 is 0. The molecule has 0 aromatic heterocycles. The minimum atomic E-state index is 0.136. The fourth-order valence-corrected chi connectivity index (χ4v) is 3.40. The Morgan fingerprint density at radius 2 is 1.55 bits per heavy atom. The van der Waals surface area contributed by atoms with Crippen molar-refractivity contribution in [3.63, 3.8) is 0 Å². The van der Waals surface area contributed by atoms with Gasteiger partial charge in [0.15, 0.2) is 0 Å². The van der Waals surface area contributed by atoms with Gasteiger partial charge in [0, 0.05) is 12.1 Å². The highest BCUT2D eigenvalue weighted by molar-refractivity contribution is 5.06. The Labute approximate surface area is 126 Å². The Morgan fingerprint density at radius 3 is 1.95 bits per heavy atom. The van der Waals surface area contributed by atoms with Crippen LogP contribution >= 0.6 is 0 Å². The van der Waals surface area contributed by atoms with E-state index in [0.29, 0.717) is 5.54 Å². The first-order chi connectivity index (χ1) is 9.64. The lowest BCUT2D eigenvalue weighted by molar-refractivity contribution is 0.0778. The van der Waals surface area contributed by atoms with Crippen LogP contribution in [-0.2, 0) is 0 Å². The molecule has 20 heavy (non-hydrogen) atoms. The standard InChI is InChI=1S/C18H36N2/c1-4-6-8-10-14-18(3,15-11-9-7-5-2)20-16-12-13-17(20)19/h12-13,17H,4-11,14-16,19H2,1-3H3. The van der Waals surface area contributed by atoms with Crippen LogP contribution in [0.2, 0.25) is 0 Å². The van der Waals surface area contributed by atoms with Crippen molar-refractivity contribution in [2.24, 2.45) is 5.73 Å². The van der Waals surface area contributed by atoms with E-state index in [2.05, 4.69) is 37.8 Å². The lowest BCUT2D eigenvalue weighted by atomic mass is 9.86. The van der Waals surface area contributed by atoms with Gasteiger partial charge in [-0.05, 0) is 19.8 Å². The van der Waals surface area contributed by atoms with Gasteiger partial charge < -0.3 is 5.73 Å². The van der Waals surface area contributed by atoms with E-state index in [0.717, 1.165) is 6.54 Å². The van der Waals surface area contributed by atoms with Crippen molar-refractivity contribution in [3.8, 4) is 0 Å². The summed E-state index contributed by atoms with van der Waals surface area (Å²) in [7, 11) is 0. The second-order valence-electron chi connectivity index (χ2n) is 6.69. The highest BCUT2D eigenvalue weighted by Crippen LogP contribution is 2.31. The van der Waals surface area contributed by atoms with Crippen molar-refractivity contribution in [1.29, 1.82) is 0 Å². The summed E-state index contributed by atoms with van der Waals surface area (Å²) in [6, 6.07) is 0. The molecule has 1 unspecified atom stereocenters. The lowest BCUT2D eigenvalue weighted by Crippen LogP contribution is -2.52. The summed E-state index contributed by atoms with van der Waals surface area (Å²) in [5, 5.41) is 0. The first-order valence-electron chi connectivity index (χ1n) is 8.83. The molecule has 2 heteroatoms. The van der Waals surface area contributed by atoms with E-state index >= 15 is 0 Å². The highest BCUT2D eigenvalue weighted by atomic mass is 15.3. The van der Waals surface area contributed by atoms with Crippen molar-refractivity contribution in [2.75, 3.05) is 6.54 Å². The van der Waals surface area contributed by atoms with Crippen LogP contribution in [0.5, 0.6) is 0 Å². The van der Waals surface area contributed by atoms with Gasteiger partial charge in [-0.3, -0.25) is 4.90 Å². The van der Waals surface area contributed by atoms with Crippen molar-refractivity contribution in [2.45, 2.75) is 96.7 Å². The largest absolute Gasteiger partial charge is 0.312 e. The molecule has 0 saturated carbocycles. The van der Waals surface area contributed by atoms with Gasteiger partial charge >= 0.3 is 0 Å². The van der Waals surface area contributed by atoms with E-state index < -0.39 is 0 Å². The van der Waals surface area contributed by atoms with Crippen LogP contribution in [-0.4, -0.2) is 23.1 Å². The van der Waals surface area contributed by atoms with Gasteiger partial charge in [0.2, 0.25) is 0 Å². The van der Waals surface area contributed by atoms with Gasteiger partial charge in [0.25, 0.3) is 0 Å². The lowest BCUT2D eigenvalue weighted by Gasteiger charge is -2.42.